The average Bonchev–Trinajstić information content (AvgIpc) is 2.69. The largest absolute Gasteiger partial charge is 0.325 e. The van der Waals surface area contributed by atoms with Gasteiger partial charge in [0.05, 0.1) is 12.1 Å². The number of amides is 1. The molecule has 0 saturated carbocycles. The Kier molecular flexibility index (Phi) is 5.04. The van der Waals surface area contributed by atoms with Crippen molar-refractivity contribution in [1.82, 2.24) is 10.2 Å². The first-order chi connectivity index (χ1) is 9.69. The second-order valence-corrected chi connectivity index (χ2v) is 4.73. The molecule has 20 heavy (non-hydrogen) atoms. The zero-order valence-electron chi connectivity index (χ0n) is 11.2. The van der Waals surface area contributed by atoms with E-state index in [0.29, 0.717) is 12.2 Å². The molecule has 5 nitrogen and oxygen atoms in total. The van der Waals surface area contributed by atoms with Gasteiger partial charge in [-0.3, -0.25) is 9.69 Å². The number of halogens is 1. The summed E-state index contributed by atoms with van der Waals surface area (Å²) in [6.07, 6.45) is 1.02. The molecular formula is C14H17FN4O. The second kappa shape index (κ2) is 6.98. The maximum Gasteiger partial charge on any atom is 0.238 e. The van der Waals surface area contributed by atoms with Gasteiger partial charge >= 0.3 is 0 Å². The Morgan fingerprint density at radius 2 is 2.30 bits per heavy atom. The van der Waals surface area contributed by atoms with Gasteiger partial charge in [0.2, 0.25) is 5.91 Å². The van der Waals surface area contributed by atoms with Gasteiger partial charge in [0.1, 0.15) is 11.9 Å². The van der Waals surface area contributed by atoms with Gasteiger partial charge in [-0.05, 0) is 37.7 Å². The molecule has 0 radical (unpaired) electrons. The van der Waals surface area contributed by atoms with Gasteiger partial charge in [-0.25, -0.2) is 4.39 Å². The normalized spacial score (nSPS) is 16.2. The van der Waals surface area contributed by atoms with Crippen molar-refractivity contribution in [3.8, 4) is 6.07 Å². The van der Waals surface area contributed by atoms with Crippen LogP contribution in [0.5, 0.6) is 0 Å². The number of benzene rings is 1. The van der Waals surface area contributed by atoms with Gasteiger partial charge < -0.3 is 10.6 Å². The van der Waals surface area contributed by atoms with Crippen LogP contribution < -0.4 is 10.6 Å². The van der Waals surface area contributed by atoms with Crippen molar-refractivity contribution in [3.05, 3.63) is 29.6 Å². The number of carbonyl (C=O) groups is 1. The summed E-state index contributed by atoms with van der Waals surface area (Å²) in [6, 6.07) is 5.74. The van der Waals surface area contributed by atoms with E-state index < -0.39 is 5.82 Å². The highest BCUT2D eigenvalue weighted by Crippen LogP contribution is 2.13. The first-order valence-electron chi connectivity index (χ1n) is 6.61. The molecule has 0 spiro atoms. The summed E-state index contributed by atoms with van der Waals surface area (Å²) in [5, 5.41) is 14.7. The lowest BCUT2D eigenvalue weighted by Crippen LogP contribution is -2.35. The zero-order valence-corrected chi connectivity index (χ0v) is 11.2. The molecule has 1 aromatic rings. The van der Waals surface area contributed by atoms with Crippen molar-refractivity contribution < 1.29 is 9.18 Å². The molecule has 0 unspecified atom stereocenters. The van der Waals surface area contributed by atoms with Crippen LogP contribution in [0.2, 0.25) is 0 Å². The van der Waals surface area contributed by atoms with Crippen LogP contribution in [0.25, 0.3) is 0 Å². The lowest BCUT2D eigenvalue weighted by Gasteiger charge is -2.18. The molecule has 1 fully saturated rings. The summed E-state index contributed by atoms with van der Waals surface area (Å²) >= 11 is 0. The summed E-state index contributed by atoms with van der Waals surface area (Å²) in [5.41, 5.74) is 0.377. The third kappa shape index (κ3) is 4.02. The van der Waals surface area contributed by atoms with Gasteiger partial charge in [-0.2, -0.15) is 5.26 Å². The molecule has 1 aromatic carbocycles. The van der Waals surface area contributed by atoms with Crippen LogP contribution in [0, 0.1) is 17.1 Å². The maximum absolute atomic E-state index is 13.2. The quantitative estimate of drug-likeness (QED) is 0.862. The number of hydrogen-bond donors (Lipinski definition) is 2. The Morgan fingerprint density at radius 3 is 3.10 bits per heavy atom. The Bertz CT molecular complexity index is 518. The third-order valence-electron chi connectivity index (χ3n) is 3.17. The fourth-order valence-corrected chi connectivity index (χ4v) is 2.15. The minimum Gasteiger partial charge on any atom is -0.325 e. The first kappa shape index (κ1) is 14.4. The summed E-state index contributed by atoms with van der Waals surface area (Å²) in [5.74, 6) is -0.730. The van der Waals surface area contributed by atoms with E-state index in [1.54, 1.807) is 6.07 Å². The lowest BCUT2D eigenvalue weighted by molar-refractivity contribution is -0.117. The van der Waals surface area contributed by atoms with Crippen molar-refractivity contribution in [2.45, 2.75) is 6.42 Å². The first-order valence-corrected chi connectivity index (χ1v) is 6.61. The van der Waals surface area contributed by atoms with Gasteiger partial charge in [0.25, 0.3) is 0 Å². The van der Waals surface area contributed by atoms with Crippen LogP contribution in [0.1, 0.15) is 12.0 Å². The van der Waals surface area contributed by atoms with E-state index in [9.17, 15) is 9.18 Å². The van der Waals surface area contributed by atoms with E-state index in [2.05, 4.69) is 15.5 Å². The van der Waals surface area contributed by atoms with Crippen LogP contribution in [0.15, 0.2) is 18.2 Å². The Labute approximate surface area is 117 Å². The van der Waals surface area contributed by atoms with E-state index in [4.69, 9.17) is 5.26 Å². The molecule has 1 saturated heterocycles. The number of nitrogens with zero attached hydrogens (tertiary/aromatic N) is 2. The molecule has 0 atom stereocenters. The third-order valence-corrected chi connectivity index (χ3v) is 3.17. The van der Waals surface area contributed by atoms with Crippen molar-refractivity contribution in [2.24, 2.45) is 0 Å². The Balaban J connectivity index is 1.92. The Morgan fingerprint density at radius 1 is 1.45 bits per heavy atom. The summed E-state index contributed by atoms with van der Waals surface area (Å²) in [4.78, 5) is 14.0. The number of hydrogen-bond acceptors (Lipinski definition) is 4. The van der Waals surface area contributed by atoms with Gasteiger partial charge in [-0.15, -0.1) is 0 Å². The van der Waals surface area contributed by atoms with Crippen LogP contribution >= 0.6 is 0 Å². The van der Waals surface area contributed by atoms with Gasteiger partial charge in [0, 0.05) is 18.8 Å². The molecule has 1 amide bonds. The minimum absolute atomic E-state index is 0.0678. The number of anilines is 1. The molecule has 0 bridgehead atoms. The van der Waals surface area contributed by atoms with Crippen molar-refractivity contribution >= 4 is 11.6 Å². The molecule has 106 valence electrons. The number of rotatable bonds is 3. The topological polar surface area (TPSA) is 68.2 Å². The zero-order chi connectivity index (χ0) is 14.4. The highest BCUT2D eigenvalue weighted by atomic mass is 19.1. The average molecular weight is 276 g/mol. The number of carbonyl (C=O) groups excluding carboxylic acids is 1. The van der Waals surface area contributed by atoms with E-state index >= 15 is 0 Å². The van der Waals surface area contributed by atoms with Crippen LogP contribution in [-0.2, 0) is 4.79 Å². The van der Waals surface area contributed by atoms with Crippen LogP contribution in [0.3, 0.4) is 0 Å². The molecule has 6 heteroatoms. The molecule has 2 N–H and O–H groups in total. The summed E-state index contributed by atoms with van der Waals surface area (Å²) in [6.45, 7) is 3.87. The highest BCUT2D eigenvalue weighted by molar-refractivity contribution is 5.92. The molecule has 0 aliphatic carbocycles. The summed E-state index contributed by atoms with van der Waals surface area (Å²) in [7, 11) is 0. The Hall–Kier alpha value is -1.97. The molecule has 0 aromatic heterocycles. The molecule has 1 aliphatic rings. The highest BCUT2D eigenvalue weighted by Gasteiger charge is 2.13. The summed E-state index contributed by atoms with van der Waals surface area (Å²) < 4.78 is 13.2. The smallest absolute Gasteiger partial charge is 0.238 e. The number of nitrogens with one attached hydrogen (secondary N) is 2. The van der Waals surface area contributed by atoms with Crippen LogP contribution in [0.4, 0.5) is 10.1 Å². The fraction of sp³-hybridized carbons (Fsp3) is 0.429. The van der Waals surface area contributed by atoms with E-state index in [1.807, 2.05) is 0 Å². The number of nitriles is 1. The molecule has 1 aliphatic heterocycles. The van der Waals surface area contributed by atoms with Gasteiger partial charge in [0.15, 0.2) is 0 Å². The van der Waals surface area contributed by atoms with Gasteiger partial charge in [-0.1, -0.05) is 0 Å². The van der Waals surface area contributed by atoms with E-state index in [-0.39, 0.29) is 11.5 Å². The molecule has 1 heterocycles. The fourth-order valence-electron chi connectivity index (χ4n) is 2.15. The maximum atomic E-state index is 13.2. The molecule has 2 rings (SSSR count). The van der Waals surface area contributed by atoms with E-state index in [1.165, 1.54) is 18.2 Å². The predicted octanol–water partition coefficient (Wildman–Crippen LogP) is 0.931. The SMILES string of the molecule is N#Cc1cc(NC(=O)CN2CCCNCC2)ccc1F. The van der Waals surface area contributed by atoms with Crippen molar-refractivity contribution in [1.29, 1.82) is 5.26 Å². The van der Waals surface area contributed by atoms with Crippen molar-refractivity contribution in [3.63, 3.8) is 0 Å². The lowest BCUT2D eigenvalue weighted by atomic mass is 10.2. The predicted molar refractivity (Wildman–Crippen MR) is 73.7 cm³/mol. The molecular weight excluding hydrogens is 259 g/mol. The minimum atomic E-state index is -0.580. The monoisotopic (exact) mass is 276 g/mol. The standard InChI is InChI=1S/C14H17FN4O/c15-13-3-2-12(8-11(13)9-16)18-14(20)10-19-6-1-4-17-5-7-19/h2-3,8,17H,1,4-7,10H2,(H,18,20). The van der Waals surface area contributed by atoms with Crippen LogP contribution in [-0.4, -0.2) is 43.5 Å². The van der Waals surface area contributed by atoms with Crippen molar-refractivity contribution in [2.75, 3.05) is 38.0 Å². The van der Waals surface area contributed by atoms with E-state index in [0.717, 1.165) is 32.6 Å². The second-order valence-electron chi connectivity index (χ2n) is 4.73.